The van der Waals surface area contributed by atoms with Gasteiger partial charge in [-0.1, -0.05) is 89.1 Å². The van der Waals surface area contributed by atoms with Crippen molar-refractivity contribution in [1.29, 1.82) is 0 Å². The summed E-state index contributed by atoms with van der Waals surface area (Å²) in [6.07, 6.45) is 13.2. The fourth-order valence-electron chi connectivity index (χ4n) is 7.73. The normalized spacial score (nSPS) is 15.4. The van der Waals surface area contributed by atoms with Crippen LogP contribution in [0.25, 0.3) is 21.3 Å². The van der Waals surface area contributed by atoms with Gasteiger partial charge >= 0.3 is 0 Å². The van der Waals surface area contributed by atoms with Crippen molar-refractivity contribution in [3.05, 3.63) is 89.3 Å². The van der Waals surface area contributed by atoms with Crippen LogP contribution in [-0.4, -0.2) is 81.1 Å². The molecule has 0 bridgehead atoms. The van der Waals surface area contributed by atoms with E-state index < -0.39 is 23.6 Å². The molecule has 2 aromatic heterocycles. The summed E-state index contributed by atoms with van der Waals surface area (Å²) in [6.45, 7) is 8.50. The molecular weight excluding hydrogens is 815 g/mol. The number of aliphatic hydroxyl groups excluding tert-OH is 1. The van der Waals surface area contributed by atoms with Gasteiger partial charge in [0.1, 0.15) is 24.2 Å². The molecule has 0 spiro atoms. The van der Waals surface area contributed by atoms with Gasteiger partial charge in [0, 0.05) is 48.6 Å². The van der Waals surface area contributed by atoms with E-state index in [0.29, 0.717) is 36.8 Å². The van der Waals surface area contributed by atoms with Crippen LogP contribution in [0.1, 0.15) is 95.4 Å². The average molecular weight is 874 g/mol. The Balaban J connectivity index is 0.900. The Morgan fingerprint density at radius 3 is 2.41 bits per heavy atom. The Kier molecular flexibility index (Phi) is 16.1. The van der Waals surface area contributed by atoms with E-state index in [0.717, 1.165) is 82.4 Å². The van der Waals surface area contributed by atoms with Crippen molar-refractivity contribution in [3.63, 3.8) is 0 Å². The SMILES string of the molecule is C#Cc1cccc(Nc2ncnc3cc(OC)c(OCCCCCCCCCC(=O)N[C@H](C(=O)N4CC(O)CC4C(=O)NCc4ccc(-c5scnc5C)cc4)C(C)(C)C)cc23)c1. The summed E-state index contributed by atoms with van der Waals surface area (Å²) in [5, 5.41) is 20.7. The number of thiazole rings is 1. The Hall–Kier alpha value is -6.04. The number of aryl methyl sites for hydroxylation is 1. The highest BCUT2D eigenvalue weighted by molar-refractivity contribution is 7.13. The standard InChI is InChI=1S/C49H59N7O6S/c1-7-33-16-15-17-36(24-33)54-46-38-26-42(41(61-6)27-39(38)51-30-52-46)62-23-14-12-10-8-9-11-13-18-43(58)55-45(49(3,4)5)48(60)56-29-37(57)25-40(56)47(59)50-28-34-19-21-35(22-20-34)44-32(2)53-31-63-44/h1,15-17,19-22,24,26-27,30-31,37,40,45,57H,8-14,18,23,25,28-29H2,2-6H3,(H,50,59)(H,55,58)(H,51,52,54)/t37?,40?,45-/m1/s1. The van der Waals surface area contributed by atoms with E-state index in [9.17, 15) is 19.5 Å². The fourth-order valence-corrected chi connectivity index (χ4v) is 8.54. The van der Waals surface area contributed by atoms with Gasteiger partial charge in [0.25, 0.3) is 0 Å². The number of fused-ring (bicyclic) bond motifs is 1. The molecule has 332 valence electrons. The molecule has 2 unspecified atom stereocenters. The molecule has 1 aliphatic heterocycles. The maximum Gasteiger partial charge on any atom is 0.246 e. The van der Waals surface area contributed by atoms with E-state index >= 15 is 0 Å². The van der Waals surface area contributed by atoms with Gasteiger partial charge in [-0.05, 0) is 60.6 Å². The maximum absolute atomic E-state index is 14.0. The number of hydrogen-bond donors (Lipinski definition) is 4. The summed E-state index contributed by atoms with van der Waals surface area (Å²) >= 11 is 1.58. The summed E-state index contributed by atoms with van der Waals surface area (Å²) in [7, 11) is 1.61. The van der Waals surface area contributed by atoms with E-state index in [2.05, 4.69) is 36.8 Å². The number of anilines is 2. The number of ether oxygens (including phenoxy) is 2. The number of β-amino-alcohol motifs (C(OH)–C–C–N with tert-alkyl or cyclic N) is 1. The van der Waals surface area contributed by atoms with Gasteiger partial charge in [-0.3, -0.25) is 14.4 Å². The monoisotopic (exact) mass is 873 g/mol. The third-order valence-corrected chi connectivity index (χ3v) is 12.2. The first-order valence-corrected chi connectivity index (χ1v) is 22.6. The molecule has 0 radical (unpaired) electrons. The molecule has 1 aliphatic rings. The van der Waals surface area contributed by atoms with Crippen LogP contribution in [0.3, 0.4) is 0 Å². The zero-order chi connectivity index (χ0) is 44.9. The highest BCUT2D eigenvalue weighted by Gasteiger charge is 2.44. The second-order valence-corrected chi connectivity index (χ2v) is 18.0. The van der Waals surface area contributed by atoms with Gasteiger partial charge in [0.15, 0.2) is 11.5 Å². The maximum atomic E-state index is 14.0. The van der Waals surface area contributed by atoms with Crippen LogP contribution in [0.15, 0.2) is 72.5 Å². The molecule has 3 atom stereocenters. The minimum Gasteiger partial charge on any atom is -0.493 e. The van der Waals surface area contributed by atoms with Gasteiger partial charge < -0.3 is 35.4 Å². The van der Waals surface area contributed by atoms with Gasteiger partial charge in [0.05, 0.1) is 41.4 Å². The van der Waals surface area contributed by atoms with Gasteiger partial charge in [0.2, 0.25) is 17.7 Å². The summed E-state index contributed by atoms with van der Waals surface area (Å²) < 4.78 is 11.8. The molecule has 4 N–H and O–H groups in total. The van der Waals surface area contributed by atoms with Crippen molar-refractivity contribution in [2.24, 2.45) is 5.41 Å². The predicted octanol–water partition coefficient (Wildman–Crippen LogP) is 8.10. The number of benzene rings is 3. The number of aromatic nitrogens is 3. The molecule has 5 aromatic rings. The molecule has 1 saturated heterocycles. The van der Waals surface area contributed by atoms with Crippen molar-refractivity contribution in [3.8, 4) is 34.3 Å². The van der Waals surface area contributed by atoms with Crippen molar-refractivity contribution in [2.45, 2.75) is 110 Å². The molecule has 13 nitrogen and oxygen atoms in total. The Morgan fingerprint density at radius 1 is 0.968 bits per heavy atom. The van der Waals surface area contributed by atoms with E-state index in [4.69, 9.17) is 15.9 Å². The number of methoxy groups -OCH3 is 1. The lowest BCUT2D eigenvalue weighted by molar-refractivity contribution is -0.144. The summed E-state index contributed by atoms with van der Waals surface area (Å²) in [6, 6.07) is 17.6. The lowest BCUT2D eigenvalue weighted by Crippen LogP contribution is -2.57. The predicted molar refractivity (Wildman–Crippen MR) is 248 cm³/mol. The Morgan fingerprint density at radius 2 is 1.71 bits per heavy atom. The number of terminal acetylenes is 1. The first-order valence-electron chi connectivity index (χ1n) is 21.7. The first kappa shape index (κ1) is 46.5. The smallest absolute Gasteiger partial charge is 0.246 e. The number of aliphatic hydroxyl groups is 1. The number of carbonyl (C=O) groups excluding carboxylic acids is 3. The number of hydrogen-bond acceptors (Lipinski definition) is 11. The van der Waals surface area contributed by atoms with Crippen molar-refractivity contribution in [1.82, 2.24) is 30.5 Å². The number of carbonyl (C=O) groups is 3. The van der Waals surface area contributed by atoms with Gasteiger partial charge in [-0.2, -0.15) is 0 Å². The molecule has 6 rings (SSSR count). The molecule has 0 aliphatic carbocycles. The minimum atomic E-state index is -0.853. The zero-order valence-corrected chi connectivity index (χ0v) is 37.7. The molecule has 63 heavy (non-hydrogen) atoms. The van der Waals surface area contributed by atoms with Crippen LogP contribution in [0.4, 0.5) is 11.5 Å². The van der Waals surface area contributed by atoms with Gasteiger partial charge in [-0.25, -0.2) is 15.0 Å². The van der Waals surface area contributed by atoms with E-state index in [1.165, 1.54) is 11.2 Å². The van der Waals surface area contributed by atoms with Crippen LogP contribution < -0.4 is 25.4 Å². The molecule has 3 aromatic carbocycles. The summed E-state index contributed by atoms with van der Waals surface area (Å²) in [5.74, 6) is 3.61. The number of unbranched alkanes of at least 4 members (excludes halogenated alkanes) is 6. The summed E-state index contributed by atoms with van der Waals surface area (Å²) in [5.41, 5.74) is 6.47. The lowest BCUT2D eigenvalue weighted by Gasteiger charge is -2.35. The van der Waals surface area contributed by atoms with Crippen LogP contribution in [0, 0.1) is 24.7 Å². The fraction of sp³-hybridized carbons (Fsp3) is 0.429. The third-order valence-electron chi connectivity index (χ3n) is 11.2. The zero-order valence-electron chi connectivity index (χ0n) is 36.9. The van der Waals surface area contributed by atoms with Gasteiger partial charge in [-0.15, -0.1) is 17.8 Å². The Labute approximate surface area is 374 Å². The van der Waals surface area contributed by atoms with Crippen LogP contribution in [0.2, 0.25) is 0 Å². The lowest BCUT2D eigenvalue weighted by atomic mass is 9.85. The highest BCUT2D eigenvalue weighted by atomic mass is 32.1. The average Bonchev–Trinajstić information content (AvgIpc) is 3.89. The van der Waals surface area contributed by atoms with Crippen LogP contribution in [0.5, 0.6) is 11.5 Å². The first-order chi connectivity index (χ1) is 30.3. The molecule has 3 amide bonds. The largest absolute Gasteiger partial charge is 0.493 e. The number of likely N-dealkylation sites (tertiary alicyclic amines) is 1. The van der Waals surface area contributed by atoms with Crippen LogP contribution >= 0.6 is 11.3 Å². The van der Waals surface area contributed by atoms with E-state index in [-0.39, 0.29) is 37.2 Å². The third kappa shape index (κ3) is 12.5. The second-order valence-electron chi connectivity index (χ2n) is 17.1. The number of rotatable bonds is 20. The number of nitrogens with zero attached hydrogens (tertiary/aromatic N) is 4. The van der Waals surface area contributed by atoms with Crippen molar-refractivity contribution in [2.75, 3.05) is 25.6 Å². The minimum absolute atomic E-state index is 0.0322. The molecular formula is C49H59N7O6S. The molecule has 1 fully saturated rings. The van der Waals surface area contributed by atoms with E-state index in [1.807, 2.05) is 93.9 Å². The highest BCUT2D eigenvalue weighted by Crippen LogP contribution is 2.35. The summed E-state index contributed by atoms with van der Waals surface area (Å²) in [4.78, 5) is 56.4. The van der Waals surface area contributed by atoms with Crippen molar-refractivity contribution >= 4 is 51.5 Å². The quantitative estimate of drug-likeness (QED) is 0.0443. The Bertz CT molecular complexity index is 2390. The molecule has 14 heteroatoms. The van der Waals surface area contributed by atoms with Crippen molar-refractivity contribution < 1.29 is 29.0 Å². The van der Waals surface area contributed by atoms with Crippen LogP contribution in [-0.2, 0) is 20.9 Å². The number of amides is 3. The van der Waals surface area contributed by atoms with E-state index in [1.54, 1.807) is 18.4 Å². The molecule has 3 heterocycles. The number of nitrogens with one attached hydrogen (secondary N) is 3. The topological polar surface area (TPSA) is 168 Å². The second kappa shape index (κ2) is 21.8. The molecule has 0 saturated carbocycles.